The Kier molecular flexibility index (Phi) is 7.85. The zero-order chi connectivity index (χ0) is 16.5. The topological polar surface area (TPSA) is 20.2 Å². The number of benzene rings is 1. The lowest BCUT2D eigenvalue weighted by atomic mass is 9.95. The van der Waals surface area contributed by atoms with E-state index in [1.54, 1.807) is 12.1 Å². The lowest BCUT2D eigenvalue weighted by molar-refractivity contribution is 0.190. The first-order chi connectivity index (χ1) is 11.2. The molecule has 0 saturated carbocycles. The molecule has 126 valence electrons. The minimum absolute atomic E-state index is 0.254. The molecule has 0 aliphatic carbocycles. The third-order valence-electron chi connectivity index (χ3n) is 4.97. The molecule has 0 aromatic heterocycles. The Labute approximate surface area is 141 Å². The number of unbranched alkanes of at least 4 members (excludes halogenated alkanes) is 2. The van der Waals surface area contributed by atoms with Crippen LogP contribution in [0.15, 0.2) is 24.3 Å². The Balaban J connectivity index is 1.70. The number of hydrogen-bond acceptors (Lipinski definition) is 1. The molecule has 1 heterocycles. The van der Waals surface area contributed by atoms with Crippen LogP contribution in [0.1, 0.15) is 51.0 Å². The van der Waals surface area contributed by atoms with Gasteiger partial charge in [-0.2, -0.15) is 0 Å². The van der Waals surface area contributed by atoms with Gasteiger partial charge in [0.05, 0.1) is 0 Å². The highest BCUT2D eigenvalue weighted by molar-refractivity contribution is 6.58. The molecule has 1 unspecified atom stereocenters. The van der Waals surface area contributed by atoms with Crippen LogP contribution in [0.4, 0.5) is 4.39 Å². The standard InChI is InChI=1S/C20H29FOSi/c1-2-3-4-13-23-14-11-18(12-15-23)16-20(22)10-7-17-5-8-19(21)9-6-17/h5-6,8-9,18,20,22-23H,2-4,11-16H2,1H3/t18-,20?,23-. The van der Waals surface area contributed by atoms with Crippen LogP contribution in [0.2, 0.25) is 18.1 Å². The van der Waals surface area contributed by atoms with Crippen molar-refractivity contribution in [2.24, 2.45) is 5.92 Å². The minimum atomic E-state index is -0.552. The molecule has 0 spiro atoms. The smallest absolute Gasteiger partial charge is 0.123 e. The predicted octanol–water partition coefficient (Wildman–Crippen LogP) is 4.76. The molecule has 1 aliphatic rings. The van der Waals surface area contributed by atoms with Gasteiger partial charge < -0.3 is 5.11 Å². The number of halogens is 1. The van der Waals surface area contributed by atoms with Crippen molar-refractivity contribution in [3.8, 4) is 11.8 Å². The van der Waals surface area contributed by atoms with E-state index in [9.17, 15) is 9.50 Å². The van der Waals surface area contributed by atoms with Crippen LogP contribution in [0.3, 0.4) is 0 Å². The summed E-state index contributed by atoms with van der Waals surface area (Å²) in [5.74, 6) is 6.25. The predicted molar refractivity (Wildman–Crippen MR) is 97.7 cm³/mol. The molecule has 0 radical (unpaired) electrons. The molecule has 1 N–H and O–H groups in total. The van der Waals surface area contributed by atoms with Gasteiger partial charge in [0.15, 0.2) is 0 Å². The van der Waals surface area contributed by atoms with Crippen LogP contribution in [0.5, 0.6) is 0 Å². The monoisotopic (exact) mass is 332 g/mol. The Morgan fingerprint density at radius 2 is 1.91 bits per heavy atom. The van der Waals surface area contributed by atoms with Crippen molar-refractivity contribution in [1.82, 2.24) is 0 Å². The van der Waals surface area contributed by atoms with Crippen molar-refractivity contribution in [2.45, 2.75) is 69.7 Å². The molecule has 0 amide bonds. The van der Waals surface area contributed by atoms with Crippen LogP contribution in [-0.2, 0) is 0 Å². The maximum atomic E-state index is 12.8. The third-order valence-corrected chi connectivity index (χ3v) is 8.49. The number of hydrogen-bond donors (Lipinski definition) is 1. The maximum absolute atomic E-state index is 12.8. The van der Waals surface area contributed by atoms with Crippen LogP contribution < -0.4 is 0 Å². The van der Waals surface area contributed by atoms with E-state index in [4.69, 9.17) is 0 Å². The molecule has 1 aromatic carbocycles. The molecule has 1 aromatic rings. The van der Waals surface area contributed by atoms with Gasteiger partial charge in [-0.15, -0.1) is 0 Å². The van der Waals surface area contributed by atoms with Gasteiger partial charge in [-0.1, -0.05) is 69.0 Å². The van der Waals surface area contributed by atoms with E-state index in [1.807, 2.05) is 0 Å². The Hall–Kier alpha value is -1.11. The summed E-state index contributed by atoms with van der Waals surface area (Å²) >= 11 is 0. The van der Waals surface area contributed by atoms with Gasteiger partial charge in [0.25, 0.3) is 0 Å². The summed E-state index contributed by atoms with van der Waals surface area (Å²) in [6.45, 7) is 2.27. The molecule has 1 fully saturated rings. The maximum Gasteiger partial charge on any atom is 0.123 e. The molecule has 0 bridgehead atoms. The van der Waals surface area contributed by atoms with Gasteiger partial charge >= 0.3 is 0 Å². The third kappa shape index (κ3) is 6.89. The Morgan fingerprint density at radius 3 is 2.57 bits per heavy atom. The van der Waals surface area contributed by atoms with E-state index in [0.29, 0.717) is 5.92 Å². The number of aliphatic hydroxyl groups is 1. The van der Waals surface area contributed by atoms with Crippen molar-refractivity contribution in [2.75, 3.05) is 0 Å². The second-order valence-electron chi connectivity index (χ2n) is 6.91. The Morgan fingerprint density at radius 1 is 1.22 bits per heavy atom. The van der Waals surface area contributed by atoms with E-state index in [1.165, 1.54) is 62.4 Å². The van der Waals surface area contributed by atoms with Crippen molar-refractivity contribution in [1.29, 1.82) is 0 Å². The van der Waals surface area contributed by atoms with Crippen molar-refractivity contribution < 1.29 is 9.50 Å². The van der Waals surface area contributed by atoms with Crippen molar-refractivity contribution >= 4 is 8.80 Å². The second kappa shape index (κ2) is 9.90. The van der Waals surface area contributed by atoms with Gasteiger partial charge in [-0.25, -0.2) is 4.39 Å². The highest BCUT2D eigenvalue weighted by Gasteiger charge is 2.23. The van der Waals surface area contributed by atoms with Crippen LogP contribution in [0.25, 0.3) is 0 Å². The molecule has 1 aliphatic heterocycles. The zero-order valence-electron chi connectivity index (χ0n) is 14.2. The summed E-state index contributed by atoms with van der Waals surface area (Å²) < 4.78 is 12.8. The van der Waals surface area contributed by atoms with E-state index >= 15 is 0 Å². The summed E-state index contributed by atoms with van der Waals surface area (Å²) in [4.78, 5) is 0. The summed E-state index contributed by atoms with van der Waals surface area (Å²) in [6.07, 6.45) is 6.97. The normalized spacial score (nSPS) is 22.2. The van der Waals surface area contributed by atoms with E-state index in [-0.39, 0.29) is 5.82 Å². The average molecular weight is 333 g/mol. The lowest BCUT2D eigenvalue weighted by Gasteiger charge is -2.28. The highest BCUT2D eigenvalue weighted by atomic mass is 28.3. The first-order valence-electron chi connectivity index (χ1n) is 9.12. The molecular weight excluding hydrogens is 303 g/mol. The molecule has 1 atom stereocenters. The molecule has 1 saturated heterocycles. The quantitative estimate of drug-likeness (QED) is 0.452. The molecule has 23 heavy (non-hydrogen) atoms. The van der Waals surface area contributed by atoms with Crippen LogP contribution >= 0.6 is 0 Å². The van der Waals surface area contributed by atoms with E-state index in [0.717, 1.165) is 12.0 Å². The summed E-state index contributed by atoms with van der Waals surface area (Å²) in [6, 6.07) is 10.5. The van der Waals surface area contributed by atoms with Gasteiger partial charge in [0, 0.05) is 14.4 Å². The first kappa shape index (κ1) is 18.2. The van der Waals surface area contributed by atoms with Gasteiger partial charge in [0.1, 0.15) is 11.9 Å². The summed E-state index contributed by atoms with van der Waals surface area (Å²) in [5.41, 5.74) is 0.762. The highest BCUT2D eigenvalue weighted by Crippen LogP contribution is 2.30. The van der Waals surface area contributed by atoms with Crippen molar-refractivity contribution in [3.05, 3.63) is 35.6 Å². The van der Waals surface area contributed by atoms with Crippen molar-refractivity contribution in [3.63, 3.8) is 0 Å². The van der Waals surface area contributed by atoms with Crippen LogP contribution in [-0.4, -0.2) is 20.0 Å². The number of rotatable bonds is 6. The fourth-order valence-electron chi connectivity index (χ4n) is 3.51. The second-order valence-corrected chi connectivity index (χ2v) is 10.4. The van der Waals surface area contributed by atoms with Gasteiger partial charge in [0.2, 0.25) is 0 Å². The largest absolute Gasteiger partial charge is 0.380 e. The molecule has 2 rings (SSSR count). The molecule has 3 heteroatoms. The van der Waals surface area contributed by atoms with E-state index < -0.39 is 14.9 Å². The average Bonchev–Trinajstić information content (AvgIpc) is 2.56. The van der Waals surface area contributed by atoms with Crippen LogP contribution in [0, 0.1) is 23.6 Å². The Bertz CT molecular complexity index is 509. The molecular formula is C20H29FOSi. The SMILES string of the molecule is CCCCC[Si@H]1CC[C@H](CC(O)C#Cc2ccc(F)cc2)CC1. The van der Waals surface area contributed by atoms with Gasteiger partial charge in [-0.05, 0) is 36.6 Å². The van der Waals surface area contributed by atoms with Gasteiger partial charge in [-0.3, -0.25) is 0 Å². The number of aliphatic hydroxyl groups excluding tert-OH is 1. The van der Waals surface area contributed by atoms with E-state index in [2.05, 4.69) is 18.8 Å². The lowest BCUT2D eigenvalue weighted by Crippen LogP contribution is -2.23. The summed E-state index contributed by atoms with van der Waals surface area (Å²) in [7, 11) is -0.465. The first-order valence-corrected chi connectivity index (χ1v) is 11.6. The fourth-order valence-corrected chi connectivity index (χ4v) is 7.13. The summed E-state index contributed by atoms with van der Waals surface area (Å²) in [5, 5.41) is 10.1. The molecule has 1 nitrogen and oxygen atoms in total. The fraction of sp³-hybridized carbons (Fsp3) is 0.600. The zero-order valence-corrected chi connectivity index (χ0v) is 15.4. The minimum Gasteiger partial charge on any atom is -0.380 e.